The van der Waals surface area contributed by atoms with Gasteiger partial charge in [-0.1, -0.05) is 13.8 Å². The van der Waals surface area contributed by atoms with Crippen molar-refractivity contribution in [1.82, 2.24) is 0 Å². The fourth-order valence-corrected chi connectivity index (χ4v) is 0.799. The van der Waals surface area contributed by atoms with Crippen LogP contribution in [0, 0.1) is 20.2 Å². The molecule has 0 radical (unpaired) electrons. The topological polar surface area (TPSA) is 98.6 Å². The molecule has 0 saturated carbocycles. The molecule has 0 aliphatic carbocycles. The van der Waals surface area contributed by atoms with Crippen LogP contribution in [0.1, 0.15) is 20.3 Å². The summed E-state index contributed by atoms with van der Waals surface area (Å²) in [5, 5.41) is 20.4. The first-order valence-corrected chi connectivity index (χ1v) is 4.11. The van der Waals surface area contributed by atoms with Crippen LogP contribution in [-0.4, -0.2) is 22.1 Å². The fourth-order valence-electron chi connectivity index (χ4n) is 0.799. The predicted molar refractivity (Wildman–Crippen MR) is 50.3 cm³/mol. The average Bonchev–Trinajstić information content (AvgIpc) is 2.21. The molecule has 1 heterocycles. The second kappa shape index (κ2) is 5.79. The van der Waals surface area contributed by atoms with Gasteiger partial charge in [-0.3, -0.25) is 25.2 Å². The van der Waals surface area contributed by atoms with Gasteiger partial charge >= 0.3 is 0 Å². The summed E-state index contributed by atoms with van der Waals surface area (Å²) >= 11 is 0. The summed E-state index contributed by atoms with van der Waals surface area (Å²) in [4.78, 5) is 22.5. The maximum atomic E-state index is 10.2. The van der Waals surface area contributed by atoms with Crippen molar-refractivity contribution in [2.24, 2.45) is 4.99 Å². The van der Waals surface area contributed by atoms with Crippen LogP contribution in [0.15, 0.2) is 16.9 Å². The third kappa shape index (κ3) is 3.30. The zero-order valence-corrected chi connectivity index (χ0v) is 7.91. The van der Waals surface area contributed by atoms with E-state index in [0.717, 1.165) is 12.4 Å². The van der Waals surface area contributed by atoms with Gasteiger partial charge in [0.1, 0.15) is 12.6 Å². The lowest BCUT2D eigenvalue weighted by atomic mass is 10.1. The molecule has 0 bridgehead atoms. The van der Waals surface area contributed by atoms with Crippen LogP contribution >= 0.6 is 0 Å². The van der Waals surface area contributed by atoms with Crippen molar-refractivity contribution in [3.63, 3.8) is 0 Å². The van der Waals surface area contributed by atoms with Crippen molar-refractivity contribution in [3.8, 4) is 0 Å². The van der Waals surface area contributed by atoms with E-state index in [9.17, 15) is 20.2 Å². The van der Waals surface area contributed by atoms with Crippen LogP contribution in [0.5, 0.6) is 0 Å². The summed E-state index contributed by atoms with van der Waals surface area (Å²) in [6, 6.07) is -1.06. The van der Waals surface area contributed by atoms with Gasteiger partial charge in [0.2, 0.25) is 0 Å². The molecule has 0 fully saturated rings. The maximum Gasteiger partial charge on any atom is 0.271 e. The highest BCUT2D eigenvalue weighted by molar-refractivity contribution is 5.65. The van der Waals surface area contributed by atoms with Crippen LogP contribution in [0.4, 0.5) is 0 Å². The minimum absolute atomic E-state index is 0.191. The van der Waals surface area contributed by atoms with Crippen molar-refractivity contribution in [1.29, 1.82) is 0 Å². The lowest BCUT2D eigenvalue weighted by Crippen LogP contribution is -2.25. The molecular weight excluding hydrogens is 190 g/mol. The zero-order valence-electron chi connectivity index (χ0n) is 7.91. The van der Waals surface area contributed by atoms with Gasteiger partial charge in [0.05, 0.1) is 11.1 Å². The quantitative estimate of drug-likeness (QED) is 0.495. The Morgan fingerprint density at radius 3 is 2.43 bits per heavy atom. The maximum absolute atomic E-state index is 10.2. The number of aliphatic imine (C=N–C) groups is 1. The molecule has 0 aromatic heterocycles. The van der Waals surface area contributed by atoms with E-state index in [-0.39, 0.29) is 12.1 Å². The van der Waals surface area contributed by atoms with Crippen molar-refractivity contribution in [2.45, 2.75) is 26.3 Å². The Morgan fingerprint density at radius 1 is 1.43 bits per heavy atom. The monoisotopic (exact) mass is 201 g/mol. The molecule has 78 valence electrons. The predicted octanol–water partition coefficient (Wildman–Crippen LogP) is 1.25. The van der Waals surface area contributed by atoms with Gasteiger partial charge in [0.15, 0.2) is 0 Å². The van der Waals surface area contributed by atoms with Gasteiger partial charge in [0.25, 0.3) is 11.7 Å². The molecule has 7 nitrogen and oxygen atoms in total. The minimum Gasteiger partial charge on any atom is -0.264 e. The molecular formula is C7H11N3O4. The van der Waals surface area contributed by atoms with Crippen molar-refractivity contribution in [3.05, 3.63) is 32.1 Å². The molecule has 0 aromatic rings. The highest BCUT2D eigenvalue weighted by Crippen LogP contribution is 2.11. The van der Waals surface area contributed by atoms with E-state index in [0.29, 0.717) is 0 Å². The van der Waals surface area contributed by atoms with Gasteiger partial charge in [-0.25, -0.2) is 0 Å². The molecule has 0 spiro atoms. The lowest BCUT2D eigenvalue weighted by molar-refractivity contribution is -0.510. The first-order valence-electron chi connectivity index (χ1n) is 4.11. The molecule has 14 heavy (non-hydrogen) atoms. The number of nitrogens with zero attached hydrogens (tertiary/aromatic N) is 3. The van der Waals surface area contributed by atoms with Crippen molar-refractivity contribution < 1.29 is 9.85 Å². The van der Waals surface area contributed by atoms with Crippen LogP contribution in [0.3, 0.4) is 0 Å². The molecule has 1 rings (SSSR count). The van der Waals surface area contributed by atoms with E-state index in [4.69, 9.17) is 0 Å². The standard InChI is InChI=1S/C5H5N3O4.C2H6/c9-7(10)4-1-5(8(11)12)3-6-2-4;1-2/h2-4H,1H2;1-2H3. The summed E-state index contributed by atoms with van der Waals surface area (Å²) in [5.74, 6) is 0. The number of nitro groups is 2. The third-order valence-electron chi connectivity index (χ3n) is 1.41. The zero-order chi connectivity index (χ0) is 11.1. The van der Waals surface area contributed by atoms with Gasteiger partial charge in [-0.15, -0.1) is 0 Å². The van der Waals surface area contributed by atoms with Crippen LogP contribution < -0.4 is 0 Å². The molecule has 0 N–H and O–H groups in total. The van der Waals surface area contributed by atoms with E-state index in [1.807, 2.05) is 13.8 Å². The SMILES string of the molecule is CC.O=[N+]([O-])C1=CN=CC([N+](=O)[O-])C1. The lowest BCUT2D eigenvalue weighted by Gasteiger charge is -2.04. The Labute approximate surface area is 80.4 Å². The molecule has 1 atom stereocenters. The normalized spacial score (nSPS) is 19.0. The van der Waals surface area contributed by atoms with E-state index >= 15 is 0 Å². The Hall–Kier alpha value is -1.79. The number of hydrogen-bond donors (Lipinski definition) is 0. The largest absolute Gasteiger partial charge is 0.271 e. The summed E-state index contributed by atoms with van der Waals surface area (Å²) in [5.41, 5.74) is -0.223. The van der Waals surface area contributed by atoms with Crippen LogP contribution in [0.25, 0.3) is 0 Å². The molecule has 0 saturated heterocycles. The van der Waals surface area contributed by atoms with E-state index in [2.05, 4.69) is 4.99 Å². The van der Waals surface area contributed by atoms with Crippen LogP contribution in [0.2, 0.25) is 0 Å². The van der Waals surface area contributed by atoms with E-state index in [1.54, 1.807) is 0 Å². The van der Waals surface area contributed by atoms with E-state index < -0.39 is 15.9 Å². The molecule has 1 aliphatic heterocycles. The Morgan fingerprint density at radius 2 is 2.00 bits per heavy atom. The first-order chi connectivity index (χ1) is 6.61. The van der Waals surface area contributed by atoms with Gasteiger partial charge in [0, 0.05) is 4.92 Å². The van der Waals surface area contributed by atoms with Gasteiger partial charge < -0.3 is 0 Å². The second-order valence-electron chi connectivity index (χ2n) is 2.23. The highest BCUT2D eigenvalue weighted by Gasteiger charge is 2.28. The number of rotatable bonds is 2. The van der Waals surface area contributed by atoms with Gasteiger partial charge in [-0.05, 0) is 0 Å². The molecule has 1 aliphatic rings. The molecule has 7 heteroatoms. The third-order valence-corrected chi connectivity index (χ3v) is 1.41. The fraction of sp³-hybridized carbons (Fsp3) is 0.571. The number of hydrogen-bond acceptors (Lipinski definition) is 5. The first kappa shape index (κ1) is 12.2. The van der Waals surface area contributed by atoms with E-state index in [1.165, 1.54) is 0 Å². The Balaban J connectivity index is 0.000000791. The Bertz CT molecular complexity index is 285. The van der Waals surface area contributed by atoms with Gasteiger partial charge in [-0.2, -0.15) is 0 Å². The summed E-state index contributed by atoms with van der Waals surface area (Å²) in [7, 11) is 0. The Kier molecular flexibility index (Phi) is 5.05. The van der Waals surface area contributed by atoms with Crippen molar-refractivity contribution >= 4 is 6.21 Å². The molecule has 0 aromatic carbocycles. The summed E-state index contributed by atoms with van der Waals surface area (Å²) in [6.45, 7) is 4.00. The van der Waals surface area contributed by atoms with Crippen molar-refractivity contribution in [2.75, 3.05) is 0 Å². The average molecular weight is 201 g/mol. The summed E-state index contributed by atoms with van der Waals surface area (Å²) in [6.07, 6.45) is 1.93. The minimum atomic E-state index is -1.06. The van der Waals surface area contributed by atoms with Crippen LogP contribution in [-0.2, 0) is 0 Å². The summed E-state index contributed by atoms with van der Waals surface area (Å²) < 4.78 is 0. The highest BCUT2D eigenvalue weighted by atomic mass is 16.6. The molecule has 1 unspecified atom stereocenters. The molecule has 0 amide bonds. The second-order valence-corrected chi connectivity index (χ2v) is 2.23. The smallest absolute Gasteiger partial charge is 0.264 e.